The maximum atomic E-state index is 10.1. The predicted octanol–water partition coefficient (Wildman–Crippen LogP) is 3.95. The quantitative estimate of drug-likeness (QED) is 0.623. The molecule has 1 aromatic heterocycles. The Morgan fingerprint density at radius 2 is 1.95 bits per heavy atom. The van der Waals surface area contributed by atoms with Crippen LogP contribution in [0.4, 0.5) is 5.69 Å². The Morgan fingerprint density at radius 1 is 1.19 bits per heavy atom. The van der Waals surface area contributed by atoms with Gasteiger partial charge in [0, 0.05) is 16.6 Å². The van der Waals surface area contributed by atoms with Crippen LogP contribution in [-0.4, -0.2) is 15.3 Å². The van der Waals surface area contributed by atoms with Crippen LogP contribution in [0.15, 0.2) is 30.3 Å². The predicted molar refractivity (Wildman–Crippen MR) is 86.4 cm³/mol. The topological polar surface area (TPSA) is 74.9 Å². The van der Waals surface area contributed by atoms with Gasteiger partial charge in [-0.2, -0.15) is 5.10 Å². The van der Waals surface area contributed by atoms with Gasteiger partial charge in [-0.05, 0) is 54.3 Å². The molecule has 0 amide bonds. The third-order valence-corrected chi connectivity index (χ3v) is 3.84. The number of nitrogens with zero attached hydrogens (tertiary/aromatic N) is 1. The minimum atomic E-state index is 0.250. The van der Waals surface area contributed by atoms with Gasteiger partial charge >= 0.3 is 0 Å². The number of nitrogen functional groups attached to an aromatic ring is 1. The van der Waals surface area contributed by atoms with Gasteiger partial charge in [0.05, 0.1) is 5.52 Å². The van der Waals surface area contributed by atoms with E-state index in [1.165, 1.54) is 0 Å². The molecule has 0 bridgehead atoms. The van der Waals surface area contributed by atoms with Crippen molar-refractivity contribution in [3.8, 4) is 17.0 Å². The number of phenolic OH excluding ortho intramolecular Hbond substituents is 1. The largest absolute Gasteiger partial charge is 0.508 e. The molecule has 0 atom stereocenters. The molecule has 3 rings (SSSR count). The summed E-state index contributed by atoms with van der Waals surface area (Å²) < 4.78 is 0. The van der Waals surface area contributed by atoms with E-state index in [9.17, 15) is 5.11 Å². The van der Waals surface area contributed by atoms with Gasteiger partial charge in [-0.15, -0.1) is 0 Å². The highest BCUT2D eigenvalue weighted by atomic mass is 16.3. The molecule has 4 nitrogen and oxygen atoms in total. The van der Waals surface area contributed by atoms with Crippen LogP contribution in [0.25, 0.3) is 22.2 Å². The Labute approximate surface area is 123 Å². The van der Waals surface area contributed by atoms with Crippen LogP contribution in [0, 0.1) is 6.92 Å². The molecule has 4 N–H and O–H groups in total. The second-order valence-electron chi connectivity index (χ2n) is 5.76. The van der Waals surface area contributed by atoms with Crippen LogP contribution < -0.4 is 5.73 Å². The summed E-state index contributed by atoms with van der Waals surface area (Å²) in [6, 6.07) is 9.54. The van der Waals surface area contributed by atoms with E-state index in [1.807, 2.05) is 31.2 Å². The number of hydrogen-bond donors (Lipinski definition) is 3. The van der Waals surface area contributed by atoms with Gasteiger partial charge in [0.25, 0.3) is 0 Å². The average Bonchev–Trinajstić information content (AvgIpc) is 2.81. The Hall–Kier alpha value is -2.49. The minimum Gasteiger partial charge on any atom is -0.508 e. The highest BCUT2D eigenvalue weighted by Gasteiger charge is 2.15. The number of hydrogen-bond acceptors (Lipinski definition) is 3. The van der Waals surface area contributed by atoms with Crippen molar-refractivity contribution < 1.29 is 5.11 Å². The Kier molecular flexibility index (Phi) is 3.09. The van der Waals surface area contributed by atoms with Gasteiger partial charge in [-0.1, -0.05) is 13.8 Å². The maximum absolute atomic E-state index is 10.1. The highest BCUT2D eigenvalue weighted by molar-refractivity contribution is 5.95. The zero-order chi connectivity index (χ0) is 15.1. The summed E-state index contributed by atoms with van der Waals surface area (Å²) in [5.41, 5.74) is 11.4. The van der Waals surface area contributed by atoms with E-state index < -0.39 is 0 Å². The lowest BCUT2D eigenvalue weighted by molar-refractivity contribution is 0.464. The molecule has 0 unspecified atom stereocenters. The summed E-state index contributed by atoms with van der Waals surface area (Å²) in [6.45, 7) is 6.11. The van der Waals surface area contributed by atoms with Crippen LogP contribution in [0.2, 0.25) is 0 Å². The van der Waals surface area contributed by atoms with E-state index in [1.54, 1.807) is 6.07 Å². The fraction of sp³-hybridized carbons (Fsp3) is 0.235. The van der Waals surface area contributed by atoms with E-state index in [4.69, 9.17) is 5.73 Å². The molecule has 21 heavy (non-hydrogen) atoms. The van der Waals surface area contributed by atoms with Crippen molar-refractivity contribution in [2.45, 2.75) is 26.7 Å². The van der Waals surface area contributed by atoms with Crippen molar-refractivity contribution in [2.75, 3.05) is 5.73 Å². The number of nitrogens with one attached hydrogen (secondary N) is 1. The summed E-state index contributed by atoms with van der Waals surface area (Å²) in [5.74, 6) is 0.588. The number of benzene rings is 2. The number of aryl methyl sites for hydroxylation is 1. The van der Waals surface area contributed by atoms with Crippen molar-refractivity contribution in [2.24, 2.45) is 0 Å². The molecule has 0 saturated carbocycles. The fourth-order valence-corrected chi connectivity index (χ4v) is 2.66. The summed E-state index contributed by atoms with van der Waals surface area (Å²) >= 11 is 0. The van der Waals surface area contributed by atoms with Gasteiger partial charge in [0.2, 0.25) is 0 Å². The first-order valence-electron chi connectivity index (χ1n) is 7.05. The second kappa shape index (κ2) is 4.81. The first-order valence-corrected chi connectivity index (χ1v) is 7.05. The molecule has 3 aromatic rings. The lowest BCUT2D eigenvalue weighted by Gasteiger charge is -2.12. The molecule has 0 aliphatic rings. The number of nitrogens with two attached hydrogens (primary N) is 1. The number of aromatic nitrogens is 2. The maximum Gasteiger partial charge on any atom is 0.119 e. The number of fused-ring (bicyclic) bond motifs is 1. The molecule has 0 saturated heterocycles. The van der Waals surface area contributed by atoms with E-state index in [-0.39, 0.29) is 5.92 Å². The minimum absolute atomic E-state index is 0.250. The molecule has 1 heterocycles. The zero-order valence-corrected chi connectivity index (χ0v) is 12.4. The summed E-state index contributed by atoms with van der Waals surface area (Å²) in [5, 5.41) is 18.6. The molecule has 0 spiro atoms. The first kappa shape index (κ1) is 13.5. The molecule has 4 heteroatoms. The Balaban J connectivity index is 2.27. The third-order valence-electron chi connectivity index (χ3n) is 3.84. The van der Waals surface area contributed by atoms with Gasteiger partial charge in [0.15, 0.2) is 0 Å². The van der Waals surface area contributed by atoms with Gasteiger partial charge in [-0.25, -0.2) is 0 Å². The average molecular weight is 281 g/mol. The summed E-state index contributed by atoms with van der Waals surface area (Å²) in [7, 11) is 0. The second-order valence-corrected chi connectivity index (χ2v) is 5.76. The fourth-order valence-electron chi connectivity index (χ4n) is 2.66. The number of H-pyrrole nitrogens is 1. The highest BCUT2D eigenvalue weighted by Crippen LogP contribution is 2.36. The van der Waals surface area contributed by atoms with E-state index in [2.05, 4.69) is 24.0 Å². The summed E-state index contributed by atoms with van der Waals surface area (Å²) in [6.07, 6.45) is 0. The first-order chi connectivity index (χ1) is 9.97. The van der Waals surface area contributed by atoms with Crippen molar-refractivity contribution in [3.05, 3.63) is 41.5 Å². The molecular weight excluding hydrogens is 262 g/mol. The lowest BCUT2D eigenvalue weighted by atomic mass is 9.94. The Bertz CT molecular complexity index is 818. The van der Waals surface area contributed by atoms with Crippen LogP contribution in [0.3, 0.4) is 0 Å². The molecule has 0 fully saturated rings. The molecule has 108 valence electrons. The van der Waals surface area contributed by atoms with E-state index in [0.29, 0.717) is 11.4 Å². The molecule has 0 aliphatic carbocycles. The van der Waals surface area contributed by atoms with E-state index in [0.717, 1.165) is 33.3 Å². The Morgan fingerprint density at radius 3 is 2.67 bits per heavy atom. The van der Waals surface area contributed by atoms with Crippen molar-refractivity contribution in [1.82, 2.24) is 10.2 Å². The smallest absolute Gasteiger partial charge is 0.119 e. The monoisotopic (exact) mass is 281 g/mol. The zero-order valence-electron chi connectivity index (χ0n) is 12.4. The van der Waals surface area contributed by atoms with E-state index >= 15 is 0 Å². The molecule has 2 aromatic carbocycles. The van der Waals surface area contributed by atoms with Gasteiger partial charge < -0.3 is 10.8 Å². The number of phenols is 1. The number of anilines is 1. The lowest BCUT2D eigenvalue weighted by Crippen LogP contribution is -1.93. The van der Waals surface area contributed by atoms with Crippen molar-refractivity contribution in [3.63, 3.8) is 0 Å². The van der Waals surface area contributed by atoms with Crippen LogP contribution in [0.5, 0.6) is 5.75 Å². The SMILES string of the molecule is Cc1cc(O)c(C(C)C)cc1-c1n[nH]c2ccc(N)cc12. The molecule has 0 radical (unpaired) electrons. The third kappa shape index (κ3) is 2.23. The molecule has 0 aliphatic heterocycles. The normalized spacial score (nSPS) is 11.4. The number of rotatable bonds is 2. The summed E-state index contributed by atoms with van der Waals surface area (Å²) in [4.78, 5) is 0. The van der Waals surface area contributed by atoms with Crippen molar-refractivity contribution >= 4 is 16.6 Å². The van der Waals surface area contributed by atoms with Crippen molar-refractivity contribution in [1.29, 1.82) is 0 Å². The number of aromatic amines is 1. The number of aromatic hydroxyl groups is 1. The van der Waals surface area contributed by atoms with Crippen LogP contribution in [-0.2, 0) is 0 Å². The van der Waals surface area contributed by atoms with Gasteiger partial charge in [0.1, 0.15) is 11.4 Å². The molecular formula is C17H19N3O. The standard InChI is InChI=1S/C17H19N3O/c1-9(2)12-8-13(10(3)6-16(12)21)17-14-7-11(18)4-5-15(14)19-20-17/h4-9,21H,18H2,1-3H3,(H,19,20). The van der Waals surface area contributed by atoms with Gasteiger partial charge in [-0.3, -0.25) is 5.10 Å². The van der Waals surface area contributed by atoms with Crippen LogP contribution >= 0.6 is 0 Å². The van der Waals surface area contributed by atoms with Crippen LogP contribution in [0.1, 0.15) is 30.9 Å².